The molecule has 276 valence electrons. The number of hydrogen-bond donors (Lipinski definition) is 0. The largest absolute Gasteiger partial charge is 0.539 e. The highest BCUT2D eigenvalue weighted by atomic mass is 32.2. The van der Waals surface area contributed by atoms with Crippen LogP contribution in [-0.2, 0) is 38.3 Å². The first kappa shape index (κ1) is 36.5. The first-order valence-corrected chi connectivity index (χ1v) is 18.8. The van der Waals surface area contributed by atoms with E-state index in [9.17, 15) is 18.6 Å². The molecule has 12 nitrogen and oxygen atoms in total. The molecule has 0 N–H and O–H groups in total. The van der Waals surface area contributed by atoms with Gasteiger partial charge < -0.3 is 33.0 Å². The van der Waals surface area contributed by atoms with Crippen LogP contribution in [0.3, 0.4) is 0 Å². The predicted octanol–water partition coefficient (Wildman–Crippen LogP) is 3.64. The third-order valence-electron chi connectivity index (χ3n) is 10.7. The summed E-state index contributed by atoms with van der Waals surface area (Å²) in [6.07, 6.45) is 1.83. The van der Waals surface area contributed by atoms with Gasteiger partial charge in [-0.3, -0.25) is 18.7 Å². The van der Waals surface area contributed by atoms with Gasteiger partial charge in [-0.05, 0) is 47.5 Å². The minimum Gasteiger partial charge on any atom is -0.539 e. The second kappa shape index (κ2) is 15.2. The zero-order valence-corrected chi connectivity index (χ0v) is 30.4. The highest BCUT2D eigenvalue weighted by Gasteiger charge is 2.53. The van der Waals surface area contributed by atoms with E-state index < -0.39 is 28.0 Å². The van der Waals surface area contributed by atoms with Crippen LogP contribution in [0.4, 0.5) is 4.39 Å². The third kappa shape index (κ3) is 7.24. The Morgan fingerprint density at radius 3 is 2.25 bits per heavy atom. The molecule has 2 unspecified atom stereocenters. The molecule has 4 heterocycles. The van der Waals surface area contributed by atoms with Crippen molar-refractivity contribution >= 4 is 36.6 Å². The zero-order chi connectivity index (χ0) is 37.3. The number of carbonyl (C=O) groups excluding carboxylic acids is 3. The number of ether oxygens (including phenoxy) is 4. The number of rotatable bonds is 12. The summed E-state index contributed by atoms with van der Waals surface area (Å²) < 4.78 is 56.7. The quantitative estimate of drug-likeness (QED) is 0.156. The average Bonchev–Trinajstić information content (AvgIpc) is 3.59. The molecule has 2 radical (unpaired) electrons. The fourth-order valence-corrected chi connectivity index (χ4v) is 9.40. The van der Waals surface area contributed by atoms with E-state index in [4.69, 9.17) is 27.0 Å². The van der Waals surface area contributed by atoms with Crippen molar-refractivity contribution in [1.82, 2.24) is 9.80 Å². The van der Waals surface area contributed by atoms with Gasteiger partial charge in [-0.1, -0.05) is 24.3 Å². The molecular weight excluding hydrogens is 704 g/mol. The Hall–Kier alpha value is -4.89. The molecule has 3 aromatic rings. The SMILES string of the molecule is [B]OC(=O)C1=C(C[N+]23CCC[C@H]2CN(C(=O)c2cc(F)c(OCc4ccc(OC)cc4)c(OCc4ccc(OC)cc4)c2)CC3)CS(=O)[C@@H]2CC(=O)N12. The monoisotopic (exact) mass is 744 g/mol. The molecule has 0 aliphatic carbocycles. The van der Waals surface area contributed by atoms with Crippen molar-refractivity contribution in [1.29, 1.82) is 0 Å². The predicted molar refractivity (Wildman–Crippen MR) is 192 cm³/mol. The summed E-state index contributed by atoms with van der Waals surface area (Å²) in [5.74, 6) is -0.670. The number of amides is 2. The summed E-state index contributed by atoms with van der Waals surface area (Å²) in [4.78, 5) is 42.4. The number of β-lactam (4-membered cyclic amide) rings is 1. The Morgan fingerprint density at radius 1 is 0.962 bits per heavy atom. The van der Waals surface area contributed by atoms with Crippen LogP contribution in [-0.4, -0.2) is 108 Å². The van der Waals surface area contributed by atoms with Gasteiger partial charge in [0.15, 0.2) is 17.3 Å². The smallest absolute Gasteiger partial charge is 0.378 e. The molecule has 3 saturated heterocycles. The minimum absolute atomic E-state index is 0.0105. The van der Waals surface area contributed by atoms with E-state index in [0.29, 0.717) is 47.7 Å². The molecule has 7 rings (SSSR count). The van der Waals surface area contributed by atoms with Crippen LogP contribution in [0, 0.1) is 5.82 Å². The van der Waals surface area contributed by atoms with E-state index in [-0.39, 0.29) is 66.0 Å². The lowest BCUT2D eigenvalue weighted by Crippen LogP contribution is -2.65. The van der Waals surface area contributed by atoms with Crippen LogP contribution in [0.5, 0.6) is 23.0 Å². The van der Waals surface area contributed by atoms with Crippen molar-refractivity contribution in [3.05, 3.63) is 94.4 Å². The van der Waals surface area contributed by atoms with Gasteiger partial charge in [-0.2, -0.15) is 0 Å². The van der Waals surface area contributed by atoms with Gasteiger partial charge in [-0.15, -0.1) is 0 Å². The second-order valence-electron chi connectivity index (χ2n) is 13.7. The number of quaternary nitrogens is 1. The maximum Gasteiger partial charge on any atom is 0.378 e. The lowest BCUT2D eigenvalue weighted by Gasteiger charge is -2.49. The van der Waals surface area contributed by atoms with Crippen molar-refractivity contribution in [2.24, 2.45) is 0 Å². The van der Waals surface area contributed by atoms with Gasteiger partial charge in [0, 0.05) is 34.8 Å². The van der Waals surface area contributed by atoms with E-state index in [1.54, 1.807) is 43.4 Å². The Morgan fingerprint density at radius 2 is 1.62 bits per heavy atom. The molecule has 3 fully saturated rings. The molecule has 15 heteroatoms. The van der Waals surface area contributed by atoms with Crippen molar-refractivity contribution in [2.75, 3.05) is 52.7 Å². The number of piperazine rings is 1. The zero-order valence-electron chi connectivity index (χ0n) is 29.6. The molecule has 2 amide bonds. The van der Waals surface area contributed by atoms with Crippen molar-refractivity contribution in [2.45, 2.75) is 43.9 Å². The summed E-state index contributed by atoms with van der Waals surface area (Å²) >= 11 is 0. The van der Waals surface area contributed by atoms with Crippen molar-refractivity contribution in [3.8, 4) is 23.0 Å². The summed E-state index contributed by atoms with van der Waals surface area (Å²) in [5.41, 5.74) is 2.40. The van der Waals surface area contributed by atoms with E-state index >= 15 is 4.39 Å². The molecule has 0 aromatic heterocycles. The first-order valence-electron chi connectivity index (χ1n) is 17.5. The number of carbonyl (C=O) groups is 3. The number of benzene rings is 3. The Labute approximate surface area is 310 Å². The maximum absolute atomic E-state index is 16.0. The van der Waals surface area contributed by atoms with E-state index in [1.807, 2.05) is 24.3 Å². The van der Waals surface area contributed by atoms with Crippen molar-refractivity contribution < 1.29 is 51.1 Å². The lowest BCUT2D eigenvalue weighted by molar-refractivity contribution is -0.938. The molecular formula is C38H40BFN3O9S+. The highest BCUT2D eigenvalue weighted by Crippen LogP contribution is 2.40. The molecule has 4 aliphatic rings. The number of nitrogens with zero attached hydrogens (tertiary/aromatic N) is 3. The number of methoxy groups -OCH3 is 2. The molecule has 4 aliphatic heterocycles. The highest BCUT2D eigenvalue weighted by molar-refractivity contribution is 7.86. The van der Waals surface area contributed by atoms with Gasteiger partial charge in [-0.25, -0.2) is 9.18 Å². The topological polar surface area (TPSA) is 121 Å². The normalized spacial score (nSPS) is 23.5. The summed E-state index contributed by atoms with van der Waals surface area (Å²) in [6, 6.07) is 17.2. The van der Waals surface area contributed by atoms with Crippen LogP contribution >= 0.6 is 0 Å². The minimum atomic E-state index is -1.35. The Kier molecular flexibility index (Phi) is 10.5. The van der Waals surface area contributed by atoms with Gasteiger partial charge in [0.05, 0.1) is 52.6 Å². The Balaban J connectivity index is 1.11. The fourth-order valence-electron chi connectivity index (χ4n) is 7.85. The maximum atomic E-state index is 16.0. The van der Waals surface area contributed by atoms with Crippen LogP contribution in [0.25, 0.3) is 0 Å². The van der Waals surface area contributed by atoms with Gasteiger partial charge in [0.2, 0.25) is 5.91 Å². The van der Waals surface area contributed by atoms with E-state index in [0.717, 1.165) is 30.5 Å². The third-order valence-corrected chi connectivity index (χ3v) is 12.3. The van der Waals surface area contributed by atoms with E-state index in [1.165, 1.54) is 17.0 Å². The fraction of sp³-hybridized carbons (Fsp3) is 0.395. The lowest BCUT2D eigenvalue weighted by atomic mass is 10.0. The van der Waals surface area contributed by atoms with Gasteiger partial charge in [0.25, 0.3) is 5.91 Å². The summed E-state index contributed by atoms with van der Waals surface area (Å²) in [6.45, 7) is 2.66. The van der Waals surface area contributed by atoms with Gasteiger partial charge in [0.1, 0.15) is 48.4 Å². The molecule has 0 bridgehead atoms. The number of halogens is 1. The molecule has 0 saturated carbocycles. The molecule has 4 atom stereocenters. The van der Waals surface area contributed by atoms with Crippen LogP contribution in [0.1, 0.15) is 40.7 Å². The van der Waals surface area contributed by atoms with Crippen LogP contribution in [0.15, 0.2) is 71.9 Å². The van der Waals surface area contributed by atoms with Crippen molar-refractivity contribution in [3.63, 3.8) is 0 Å². The van der Waals surface area contributed by atoms with E-state index in [2.05, 4.69) is 4.65 Å². The van der Waals surface area contributed by atoms with Gasteiger partial charge >= 0.3 is 14.0 Å². The number of hydrogen-bond acceptors (Lipinski definition) is 9. The summed E-state index contributed by atoms with van der Waals surface area (Å²) in [7, 11) is 7.07. The van der Waals surface area contributed by atoms with Crippen LogP contribution in [0.2, 0.25) is 0 Å². The Bertz CT molecular complexity index is 1960. The first-order chi connectivity index (χ1) is 25.6. The average molecular weight is 745 g/mol. The van der Waals surface area contributed by atoms with Crippen LogP contribution < -0.4 is 18.9 Å². The number of fused-ring (bicyclic) bond motifs is 2. The standard InChI is InChI=1S/C38H40BFN3O9S/c1-48-29-9-5-24(6-10-29)21-50-32-17-26(16-31(40)36(32)51-22-25-7-11-30(49-2)12-8-25)37(45)41-13-15-43(14-3-4-28(43)19-41)20-27-23-53(47)34-18-33(44)42(34)35(27)38(46)52-39/h5-12,16-17,28,34H,3-4,13-15,18-23H2,1-2H3/q+1/t28-,34+,43?,53?/m0/s1. The second-order valence-corrected chi connectivity index (χ2v) is 15.3. The summed E-state index contributed by atoms with van der Waals surface area (Å²) in [5, 5.41) is -0.547. The molecule has 3 aromatic carbocycles. The molecule has 53 heavy (non-hydrogen) atoms. The molecule has 0 spiro atoms.